The predicted octanol–water partition coefficient (Wildman–Crippen LogP) is 1.07. The first-order valence-corrected chi connectivity index (χ1v) is 6.86. The maximum atomic E-state index is 9.90. The van der Waals surface area contributed by atoms with Crippen molar-refractivity contribution in [3.05, 3.63) is 35.9 Å². The smallest absolute Gasteiger partial charge is 0.186 e. The average molecular weight is 282 g/mol. The normalized spacial score (nSPS) is 30.1. The van der Waals surface area contributed by atoms with Crippen LogP contribution in [-0.2, 0) is 20.8 Å². The quantitative estimate of drug-likeness (QED) is 0.817. The van der Waals surface area contributed by atoms with Gasteiger partial charge in [0.15, 0.2) is 6.29 Å². The maximum absolute atomic E-state index is 9.90. The molecule has 1 saturated heterocycles. The van der Waals surface area contributed by atoms with E-state index in [1.807, 2.05) is 44.2 Å². The van der Waals surface area contributed by atoms with Gasteiger partial charge in [0.1, 0.15) is 18.3 Å². The number of benzene rings is 1. The summed E-state index contributed by atoms with van der Waals surface area (Å²) >= 11 is 0. The van der Waals surface area contributed by atoms with Gasteiger partial charge in [0.2, 0.25) is 0 Å². The molecule has 5 nitrogen and oxygen atoms in total. The van der Waals surface area contributed by atoms with Crippen LogP contribution in [-0.4, -0.2) is 47.5 Å². The molecular weight excluding hydrogens is 260 g/mol. The van der Waals surface area contributed by atoms with Crippen LogP contribution in [0.3, 0.4) is 0 Å². The van der Waals surface area contributed by atoms with Crippen LogP contribution in [0, 0.1) is 0 Å². The van der Waals surface area contributed by atoms with Crippen molar-refractivity contribution in [2.45, 2.75) is 51.2 Å². The van der Waals surface area contributed by atoms with Crippen molar-refractivity contribution in [2.24, 2.45) is 0 Å². The summed E-state index contributed by atoms with van der Waals surface area (Å²) < 4.78 is 16.4. The van der Waals surface area contributed by atoms with Crippen LogP contribution in [0.4, 0.5) is 0 Å². The van der Waals surface area contributed by atoms with Gasteiger partial charge in [-0.3, -0.25) is 0 Å². The van der Waals surface area contributed by atoms with Gasteiger partial charge in [-0.25, -0.2) is 0 Å². The first-order chi connectivity index (χ1) is 9.58. The molecule has 0 unspecified atom stereocenters. The Morgan fingerprint density at radius 2 is 1.85 bits per heavy atom. The lowest BCUT2D eigenvalue weighted by atomic mass is 10.1. The summed E-state index contributed by atoms with van der Waals surface area (Å²) in [6.07, 6.45) is -3.48. The fourth-order valence-corrected chi connectivity index (χ4v) is 2.10. The third-order valence-corrected chi connectivity index (χ3v) is 3.12. The minimum Gasteiger partial charge on any atom is -0.387 e. The standard InChI is InChI=1S/C15H22O5/c1-10(2)19-15-14(17)13(16)12(20-15)9-18-8-11-6-4-3-5-7-11/h3-7,10,12-17H,8-9H2,1-2H3/t12-,13-,14+,15+/m1/s1. The summed E-state index contributed by atoms with van der Waals surface area (Å²) in [7, 11) is 0. The van der Waals surface area contributed by atoms with Gasteiger partial charge < -0.3 is 24.4 Å². The molecule has 2 N–H and O–H groups in total. The molecule has 0 saturated carbocycles. The molecule has 20 heavy (non-hydrogen) atoms. The van der Waals surface area contributed by atoms with E-state index in [0.717, 1.165) is 5.56 Å². The van der Waals surface area contributed by atoms with Crippen LogP contribution < -0.4 is 0 Å². The molecule has 0 aliphatic carbocycles. The van der Waals surface area contributed by atoms with Gasteiger partial charge in [0.25, 0.3) is 0 Å². The molecule has 1 heterocycles. The van der Waals surface area contributed by atoms with E-state index in [2.05, 4.69) is 0 Å². The SMILES string of the molecule is CC(C)O[C@H]1O[C@H](COCc2ccccc2)[C@@H](O)[C@@H]1O. The molecular formula is C15H22O5. The topological polar surface area (TPSA) is 68.2 Å². The van der Waals surface area contributed by atoms with Gasteiger partial charge in [-0.05, 0) is 19.4 Å². The predicted molar refractivity (Wildman–Crippen MR) is 73.0 cm³/mol. The van der Waals surface area contributed by atoms with Crippen molar-refractivity contribution in [1.29, 1.82) is 0 Å². The minimum atomic E-state index is -1.04. The van der Waals surface area contributed by atoms with Crippen LogP contribution in [0.1, 0.15) is 19.4 Å². The van der Waals surface area contributed by atoms with Gasteiger partial charge in [-0.1, -0.05) is 30.3 Å². The van der Waals surface area contributed by atoms with E-state index >= 15 is 0 Å². The van der Waals surface area contributed by atoms with Gasteiger partial charge >= 0.3 is 0 Å². The molecule has 4 atom stereocenters. The zero-order valence-electron chi connectivity index (χ0n) is 11.8. The molecule has 0 radical (unpaired) electrons. The second kappa shape index (κ2) is 7.15. The van der Waals surface area contributed by atoms with E-state index in [1.54, 1.807) is 0 Å². The third-order valence-electron chi connectivity index (χ3n) is 3.12. The zero-order valence-corrected chi connectivity index (χ0v) is 11.8. The Labute approximate surface area is 119 Å². The summed E-state index contributed by atoms with van der Waals surface area (Å²) in [4.78, 5) is 0. The highest BCUT2D eigenvalue weighted by Crippen LogP contribution is 2.23. The molecule has 112 valence electrons. The highest BCUT2D eigenvalue weighted by Gasteiger charge is 2.43. The molecule has 1 aromatic rings. The van der Waals surface area contributed by atoms with E-state index < -0.39 is 24.6 Å². The number of ether oxygens (including phenoxy) is 3. The second-order valence-corrected chi connectivity index (χ2v) is 5.21. The Balaban J connectivity index is 1.78. The van der Waals surface area contributed by atoms with E-state index in [1.165, 1.54) is 0 Å². The molecule has 2 rings (SSSR count). The van der Waals surface area contributed by atoms with E-state index in [-0.39, 0.29) is 12.7 Å². The maximum Gasteiger partial charge on any atom is 0.186 e. The van der Waals surface area contributed by atoms with Crippen molar-refractivity contribution in [2.75, 3.05) is 6.61 Å². The van der Waals surface area contributed by atoms with Gasteiger partial charge in [-0.2, -0.15) is 0 Å². The number of aliphatic hydroxyl groups excluding tert-OH is 2. The van der Waals surface area contributed by atoms with E-state index in [9.17, 15) is 10.2 Å². The van der Waals surface area contributed by atoms with Gasteiger partial charge in [0, 0.05) is 0 Å². The number of hydrogen-bond donors (Lipinski definition) is 2. The van der Waals surface area contributed by atoms with Crippen LogP contribution in [0.25, 0.3) is 0 Å². The van der Waals surface area contributed by atoms with Crippen molar-refractivity contribution in [1.82, 2.24) is 0 Å². The minimum absolute atomic E-state index is 0.0779. The molecule has 1 aliphatic rings. The summed E-state index contributed by atoms with van der Waals surface area (Å²) in [5.74, 6) is 0. The lowest BCUT2D eigenvalue weighted by molar-refractivity contribution is -0.188. The highest BCUT2D eigenvalue weighted by atomic mass is 16.7. The van der Waals surface area contributed by atoms with Gasteiger partial charge in [0.05, 0.1) is 19.3 Å². The second-order valence-electron chi connectivity index (χ2n) is 5.21. The summed E-state index contributed by atoms with van der Waals surface area (Å²) in [5, 5.41) is 19.7. The Hall–Kier alpha value is -0.980. The number of rotatable bonds is 6. The van der Waals surface area contributed by atoms with Crippen molar-refractivity contribution in [3.63, 3.8) is 0 Å². The van der Waals surface area contributed by atoms with Crippen LogP contribution in [0.5, 0.6) is 0 Å². The molecule has 0 spiro atoms. The van der Waals surface area contributed by atoms with Crippen molar-refractivity contribution >= 4 is 0 Å². The van der Waals surface area contributed by atoms with Crippen LogP contribution in [0.15, 0.2) is 30.3 Å². The molecule has 0 aromatic heterocycles. The van der Waals surface area contributed by atoms with E-state index in [0.29, 0.717) is 6.61 Å². The Bertz CT molecular complexity index is 395. The molecule has 5 heteroatoms. The lowest BCUT2D eigenvalue weighted by Crippen LogP contribution is -2.35. The number of hydrogen-bond acceptors (Lipinski definition) is 5. The Morgan fingerprint density at radius 3 is 2.50 bits per heavy atom. The Kier molecular flexibility index (Phi) is 5.51. The first kappa shape index (κ1) is 15.4. The molecule has 1 fully saturated rings. The lowest BCUT2D eigenvalue weighted by Gasteiger charge is -2.17. The van der Waals surface area contributed by atoms with Crippen molar-refractivity contribution < 1.29 is 24.4 Å². The molecule has 1 aliphatic heterocycles. The summed E-state index contributed by atoms with van der Waals surface area (Å²) in [6, 6.07) is 9.75. The Morgan fingerprint density at radius 1 is 1.15 bits per heavy atom. The monoisotopic (exact) mass is 282 g/mol. The third kappa shape index (κ3) is 4.01. The first-order valence-electron chi connectivity index (χ1n) is 6.86. The fraction of sp³-hybridized carbons (Fsp3) is 0.600. The van der Waals surface area contributed by atoms with Crippen LogP contribution in [0.2, 0.25) is 0 Å². The summed E-state index contributed by atoms with van der Waals surface area (Å²) in [6.45, 7) is 4.35. The van der Waals surface area contributed by atoms with Crippen LogP contribution >= 0.6 is 0 Å². The molecule has 0 bridgehead atoms. The highest BCUT2D eigenvalue weighted by molar-refractivity contribution is 5.13. The fourth-order valence-electron chi connectivity index (χ4n) is 2.10. The van der Waals surface area contributed by atoms with E-state index in [4.69, 9.17) is 14.2 Å². The zero-order chi connectivity index (χ0) is 14.5. The number of aliphatic hydroxyl groups is 2. The van der Waals surface area contributed by atoms with Crippen molar-refractivity contribution in [3.8, 4) is 0 Å². The largest absolute Gasteiger partial charge is 0.387 e. The molecule has 1 aromatic carbocycles. The molecule has 0 amide bonds. The average Bonchev–Trinajstić information content (AvgIpc) is 2.68. The van der Waals surface area contributed by atoms with Gasteiger partial charge in [-0.15, -0.1) is 0 Å². The summed E-state index contributed by atoms with van der Waals surface area (Å²) in [5.41, 5.74) is 1.05.